The summed E-state index contributed by atoms with van der Waals surface area (Å²) >= 11 is 0. The van der Waals surface area contributed by atoms with Gasteiger partial charge in [0.15, 0.2) is 0 Å². The van der Waals surface area contributed by atoms with Crippen LogP contribution in [0, 0.1) is 11.3 Å². The van der Waals surface area contributed by atoms with Gasteiger partial charge in [-0.3, -0.25) is 0 Å². The van der Waals surface area contributed by atoms with Crippen molar-refractivity contribution < 1.29 is 9.47 Å². The number of hydrogen-bond donors (Lipinski definition) is 1. The molecule has 6 nitrogen and oxygen atoms in total. The molecule has 2 N–H and O–H groups in total. The van der Waals surface area contributed by atoms with Crippen molar-refractivity contribution in [1.29, 1.82) is 5.26 Å². The molecule has 0 bridgehead atoms. The molecule has 162 valence electrons. The number of anilines is 1. The number of fused-ring (bicyclic) bond motifs is 1. The topological polar surface area (TPSA) is 76.4 Å². The van der Waals surface area contributed by atoms with Crippen molar-refractivity contribution in [3.63, 3.8) is 0 Å². The average molecular weight is 419 g/mol. The fraction of sp³-hybridized carbons (Fsp3) is 0.400. The Bertz CT molecular complexity index is 1080. The monoisotopic (exact) mass is 418 g/mol. The molecule has 1 aliphatic carbocycles. The fourth-order valence-electron chi connectivity index (χ4n) is 4.12. The number of benzene rings is 2. The Morgan fingerprint density at radius 3 is 2.52 bits per heavy atom. The highest BCUT2D eigenvalue weighted by Gasteiger charge is 2.28. The first-order valence-electron chi connectivity index (χ1n) is 10.9. The number of likely N-dealkylation sites (N-methyl/N-ethyl adjacent to an activating group) is 1. The van der Waals surface area contributed by atoms with Crippen molar-refractivity contribution in [3.8, 4) is 23.1 Å². The van der Waals surface area contributed by atoms with Gasteiger partial charge in [-0.05, 0) is 56.1 Å². The Balaban J connectivity index is 1.68. The van der Waals surface area contributed by atoms with Gasteiger partial charge in [0, 0.05) is 43.4 Å². The quantitative estimate of drug-likeness (QED) is 0.520. The minimum Gasteiger partial charge on any atom is -0.492 e. The Hall–Kier alpha value is -3.01. The molecule has 1 saturated carbocycles. The molecule has 0 atom stereocenters. The van der Waals surface area contributed by atoms with Crippen LogP contribution in [-0.4, -0.2) is 49.9 Å². The second kappa shape index (κ2) is 9.42. The van der Waals surface area contributed by atoms with Crippen LogP contribution in [0.15, 0.2) is 42.5 Å². The van der Waals surface area contributed by atoms with Crippen LogP contribution in [0.4, 0.5) is 5.69 Å². The number of nitrogens with zero attached hydrogens (tertiary/aromatic N) is 3. The number of rotatable bonds is 9. The summed E-state index contributed by atoms with van der Waals surface area (Å²) in [6, 6.07) is 16.8. The lowest BCUT2D eigenvalue weighted by atomic mass is 9.92. The van der Waals surface area contributed by atoms with E-state index in [0.29, 0.717) is 19.3 Å². The molecule has 0 saturated heterocycles. The van der Waals surface area contributed by atoms with Gasteiger partial charge < -0.3 is 24.7 Å². The maximum absolute atomic E-state index is 10.0. The van der Waals surface area contributed by atoms with Gasteiger partial charge in [-0.1, -0.05) is 12.1 Å². The van der Waals surface area contributed by atoms with E-state index in [1.165, 1.54) is 6.42 Å². The molecule has 0 amide bonds. The van der Waals surface area contributed by atoms with Crippen LogP contribution in [0.3, 0.4) is 0 Å². The molecule has 1 heterocycles. The highest BCUT2D eigenvalue weighted by atomic mass is 16.5. The minimum atomic E-state index is 0.410. The van der Waals surface area contributed by atoms with Crippen molar-refractivity contribution in [2.45, 2.75) is 25.3 Å². The zero-order valence-electron chi connectivity index (χ0n) is 18.3. The fourth-order valence-corrected chi connectivity index (χ4v) is 4.12. The molecule has 2 aromatic carbocycles. The van der Waals surface area contributed by atoms with E-state index < -0.39 is 0 Å². The smallest absolute Gasteiger partial charge is 0.121 e. The SMILES string of the molecule is COCCN(C)CCOc1ccc2c(C#N)c(-c3ccc(N)cc3)n(C3CCC3)c2c1. The van der Waals surface area contributed by atoms with Crippen LogP contribution in [0.2, 0.25) is 0 Å². The summed E-state index contributed by atoms with van der Waals surface area (Å²) in [5, 5.41) is 11.0. The van der Waals surface area contributed by atoms with Gasteiger partial charge in [-0.2, -0.15) is 5.26 Å². The molecule has 0 spiro atoms. The van der Waals surface area contributed by atoms with Gasteiger partial charge in [0.25, 0.3) is 0 Å². The predicted molar refractivity (Wildman–Crippen MR) is 124 cm³/mol. The van der Waals surface area contributed by atoms with E-state index >= 15 is 0 Å². The van der Waals surface area contributed by atoms with Gasteiger partial charge in [0.2, 0.25) is 0 Å². The number of nitriles is 1. The van der Waals surface area contributed by atoms with Crippen LogP contribution in [0.5, 0.6) is 5.75 Å². The van der Waals surface area contributed by atoms with E-state index in [1.807, 2.05) is 36.4 Å². The molecular formula is C25H30N4O2. The summed E-state index contributed by atoms with van der Waals surface area (Å²) in [7, 11) is 3.77. The molecule has 1 aliphatic rings. The van der Waals surface area contributed by atoms with Gasteiger partial charge in [0.1, 0.15) is 18.4 Å². The number of ether oxygens (including phenoxy) is 2. The molecule has 0 aliphatic heterocycles. The van der Waals surface area contributed by atoms with Crippen molar-refractivity contribution >= 4 is 16.6 Å². The van der Waals surface area contributed by atoms with Gasteiger partial charge in [-0.15, -0.1) is 0 Å². The Kier molecular flexibility index (Phi) is 6.45. The molecule has 3 aromatic rings. The van der Waals surface area contributed by atoms with Gasteiger partial charge >= 0.3 is 0 Å². The normalized spacial score (nSPS) is 14.0. The largest absolute Gasteiger partial charge is 0.492 e. The minimum absolute atomic E-state index is 0.410. The summed E-state index contributed by atoms with van der Waals surface area (Å²) in [4.78, 5) is 2.19. The summed E-state index contributed by atoms with van der Waals surface area (Å²) in [6.45, 7) is 3.01. The Morgan fingerprint density at radius 1 is 1.13 bits per heavy atom. The third-order valence-electron chi connectivity index (χ3n) is 6.13. The van der Waals surface area contributed by atoms with E-state index in [1.54, 1.807) is 7.11 Å². The van der Waals surface area contributed by atoms with Crippen molar-refractivity contribution in [3.05, 3.63) is 48.0 Å². The first-order chi connectivity index (χ1) is 15.1. The molecule has 0 unspecified atom stereocenters. The second-order valence-corrected chi connectivity index (χ2v) is 8.24. The van der Waals surface area contributed by atoms with Gasteiger partial charge in [0.05, 0.1) is 23.4 Å². The average Bonchev–Trinajstić information content (AvgIpc) is 3.05. The zero-order valence-corrected chi connectivity index (χ0v) is 18.3. The summed E-state index contributed by atoms with van der Waals surface area (Å²) in [6.07, 6.45) is 3.48. The summed E-state index contributed by atoms with van der Waals surface area (Å²) < 4.78 is 13.5. The molecule has 4 rings (SSSR count). The molecule has 1 aromatic heterocycles. The zero-order chi connectivity index (χ0) is 21.8. The first-order valence-corrected chi connectivity index (χ1v) is 10.9. The van der Waals surface area contributed by atoms with Crippen molar-refractivity contribution in [2.24, 2.45) is 0 Å². The second-order valence-electron chi connectivity index (χ2n) is 8.24. The Morgan fingerprint density at radius 2 is 1.87 bits per heavy atom. The number of methoxy groups -OCH3 is 1. The highest BCUT2D eigenvalue weighted by Crippen LogP contribution is 2.43. The third-order valence-corrected chi connectivity index (χ3v) is 6.13. The van der Waals surface area contributed by atoms with E-state index in [-0.39, 0.29) is 0 Å². The Labute approximate surface area is 183 Å². The van der Waals surface area contributed by atoms with Crippen LogP contribution >= 0.6 is 0 Å². The molecule has 31 heavy (non-hydrogen) atoms. The number of nitrogen functional groups attached to an aromatic ring is 1. The molecular weight excluding hydrogens is 388 g/mol. The van der Waals surface area contributed by atoms with Crippen LogP contribution in [0.25, 0.3) is 22.2 Å². The maximum Gasteiger partial charge on any atom is 0.121 e. The standard InChI is InChI=1S/C25H30N4O2/c1-28(12-14-30-2)13-15-31-21-10-11-22-23(17-26)25(18-6-8-19(27)9-7-18)29(24(22)16-21)20-4-3-5-20/h6-11,16,20H,3-5,12-15,27H2,1-2H3. The van der Waals surface area contributed by atoms with Crippen LogP contribution in [0.1, 0.15) is 30.9 Å². The third kappa shape index (κ3) is 4.39. The predicted octanol–water partition coefficient (Wildman–Crippen LogP) is 4.44. The number of hydrogen-bond acceptors (Lipinski definition) is 5. The van der Waals surface area contributed by atoms with Crippen LogP contribution in [-0.2, 0) is 4.74 Å². The maximum atomic E-state index is 10.0. The number of aromatic nitrogens is 1. The van der Waals surface area contributed by atoms with E-state index in [9.17, 15) is 5.26 Å². The summed E-state index contributed by atoms with van der Waals surface area (Å²) in [5.41, 5.74) is 10.4. The molecule has 6 heteroatoms. The molecule has 0 radical (unpaired) electrons. The lowest BCUT2D eigenvalue weighted by Gasteiger charge is -2.30. The van der Waals surface area contributed by atoms with Crippen molar-refractivity contribution in [1.82, 2.24) is 9.47 Å². The van der Waals surface area contributed by atoms with E-state index in [4.69, 9.17) is 15.2 Å². The van der Waals surface area contributed by atoms with Crippen molar-refractivity contribution in [2.75, 3.05) is 46.2 Å². The lowest BCUT2D eigenvalue weighted by molar-refractivity contribution is 0.150. The summed E-state index contributed by atoms with van der Waals surface area (Å²) in [5.74, 6) is 0.832. The van der Waals surface area contributed by atoms with E-state index in [2.05, 4.69) is 28.7 Å². The lowest BCUT2D eigenvalue weighted by Crippen LogP contribution is -2.27. The number of nitrogens with two attached hydrogens (primary N) is 1. The van der Waals surface area contributed by atoms with E-state index in [0.717, 1.165) is 65.1 Å². The highest BCUT2D eigenvalue weighted by molar-refractivity contribution is 5.95. The first kappa shape index (κ1) is 21.2. The van der Waals surface area contributed by atoms with Crippen LogP contribution < -0.4 is 10.5 Å². The molecule has 1 fully saturated rings. The van der Waals surface area contributed by atoms with Gasteiger partial charge in [-0.25, -0.2) is 0 Å².